The number of ether oxygens (including phenoxy) is 1. The Morgan fingerprint density at radius 3 is 2.45 bits per heavy atom. The van der Waals surface area contributed by atoms with Gasteiger partial charge in [-0.25, -0.2) is 0 Å². The highest BCUT2D eigenvalue weighted by Gasteiger charge is 2.16. The molecule has 0 unspecified atom stereocenters. The van der Waals surface area contributed by atoms with E-state index < -0.39 is 4.92 Å². The van der Waals surface area contributed by atoms with Crippen LogP contribution in [0.5, 0.6) is 5.75 Å². The van der Waals surface area contributed by atoms with Crippen LogP contribution < -0.4 is 4.74 Å². The van der Waals surface area contributed by atoms with Crippen LogP contribution in [0.2, 0.25) is 5.02 Å². The first-order chi connectivity index (χ1) is 9.47. The van der Waals surface area contributed by atoms with Gasteiger partial charge in [0.2, 0.25) is 0 Å². The third-order valence-electron chi connectivity index (χ3n) is 2.52. The van der Waals surface area contributed by atoms with E-state index in [9.17, 15) is 10.1 Å². The Morgan fingerprint density at radius 1 is 1.15 bits per heavy atom. The highest BCUT2D eigenvalue weighted by atomic mass is 79.9. The van der Waals surface area contributed by atoms with Gasteiger partial charge in [0.1, 0.15) is 6.61 Å². The van der Waals surface area contributed by atoms with Gasteiger partial charge in [-0.15, -0.1) is 0 Å². The van der Waals surface area contributed by atoms with Gasteiger partial charge < -0.3 is 4.74 Å². The number of benzene rings is 2. The zero-order chi connectivity index (χ0) is 14.7. The largest absolute Gasteiger partial charge is 0.482 e. The number of nitro groups is 1. The molecule has 0 aliphatic carbocycles. The predicted molar refractivity (Wildman–Crippen MR) is 84.3 cm³/mol. The monoisotopic (exact) mass is 419 g/mol. The highest BCUT2D eigenvalue weighted by Crippen LogP contribution is 2.31. The average Bonchev–Trinajstić information content (AvgIpc) is 2.38. The molecule has 0 atom stereocenters. The Balaban J connectivity index is 2.20. The summed E-state index contributed by atoms with van der Waals surface area (Å²) in [7, 11) is 0. The highest BCUT2D eigenvalue weighted by molar-refractivity contribution is 9.10. The van der Waals surface area contributed by atoms with Crippen molar-refractivity contribution in [3.05, 3.63) is 66.0 Å². The standard InChI is InChI=1S/C13H8Br2ClNO3/c14-9-2-1-8(11(16)5-9)7-20-13-4-3-10(15)6-12(13)17(18)19/h1-6H,7H2. The minimum absolute atomic E-state index is 0.0902. The third kappa shape index (κ3) is 3.71. The van der Waals surface area contributed by atoms with Crippen molar-refractivity contribution in [2.24, 2.45) is 0 Å². The second-order valence-corrected chi connectivity index (χ2v) is 6.13. The molecule has 0 N–H and O–H groups in total. The smallest absolute Gasteiger partial charge is 0.312 e. The number of nitrogens with zero attached hydrogens (tertiary/aromatic N) is 1. The number of rotatable bonds is 4. The van der Waals surface area contributed by atoms with E-state index >= 15 is 0 Å². The molecule has 2 aromatic carbocycles. The molecule has 0 aromatic heterocycles. The van der Waals surface area contributed by atoms with E-state index in [1.807, 2.05) is 6.07 Å². The summed E-state index contributed by atoms with van der Waals surface area (Å²) in [6.45, 7) is 0.161. The molecule has 0 saturated carbocycles. The van der Waals surface area contributed by atoms with Gasteiger partial charge in [0.05, 0.1) is 4.92 Å². The summed E-state index contributed by atoms with van der Waals surface area (Å²) in [6.07, 6.45) is 0. The Morgan fingerprint density at radius 2 is 1.80 bits per heavy atom. The molecule has 0 heterocycles. The number of hydrogen-bond donors (Lipinski definition) is 0. The summed E-state index contributed by atoms with van der Waals surface area (Å²) in [5.41, 5.74) is 0.666. The second-order valence-electron chi connectivity index (χ2n) is 3.89. The van der Waals surface area contributed by atoms with E-state index in [0.29, 0.717) is 9.50 Å². The van der Waals surface area contributed by atoms with Crippen LogP contribution in [0.4, 0.5) is 5.69 Å². The molecule has 2 aromatic rings. The van der Waals surface area contributed by atoms with Crippen LogP contribution in [0.15, 0.2) is 45.3 Å². The molecule has 0 aliphatic rings. The molecule has 0 saturated heterocycles. The average molecular weight is 421 g/mol. The summed E-state index contributed by atoms with van der Waals surface area (Å²) in [5.74, 6) is 0.206. The van der Waals surface area contributed by atoms with Crippen molar-refractivity contribution in [2.45, 2.75) is 6.61 Å². The van der Waals surface area contributed by atoms with Crippen molar-refractivity contribution < 1.29 is 9.66 Å². The molecule has 7 heteroatoms. The molecule has 0 amide bonds. The second kappa shape index (κ2) is 6.56. The van der Waals surface area contributed by atoms with Gasteiger partial charge in [-0.05, 0) is 24.3 Å². The Hall–Kier alpha value is -1.11. The molecule has 0 fully saturated rings. The molecule has 0 aliphatic heterocycles. The van der Waals surface area contributed by atoms with Crippen molar-refractivity contribution in [1.82, 2.24) is 0 Å². The molecular formula is C13H8Br2ClNO3. The lowest BCUT2D eigenvalue weighted by molar-refractivity contribution is -0.386. The van der Waals surface area contributed by atoms with Gasteiger partial charge >= 0.3 is 5.69 Å². The summed E-state index contributed by atoms with van der Waals surface area (Å²) < 4.78 is 6.98. The molecule has 20 heavy (non-hydrogen) atoms. The van der Waals surface area contributed by atoms with Crippen LogP contribution in [0.3, 0.4) is 0 Å². The van der Waals surface area contributed by atoms with Crippen LogP contribution in [0.1, 0.15) is 5.56 Å². The van der Waals surface area contributed by atoms with Gasteiger partial charge in [0, 0.05) is 25.6 Å². The molecule has 4 nitrogen and oxygen atoms in total. The Labute approximate surface area is 137 Å². The topological polar surface area (TPSA) is 52.4 Å². The normalized spacial score (nSPS) is 10.3. The number of hydrogen-bond acceptors (Lipinski definition) is 3. The lowest BCUT2D eigenvalue weighted by atomic mass is 10.2. The van der Waals surface area contributed by atoms with E-state index in [-0.39, 0.29) is 18.0 Å². The lowest BCUT2D eigenvalue weighted by Gasteiger charge is -2.08. The van der Waals surface area contributed by atoms with E-state index in [0.717, 1.165) is 10.0 Å². The van der Waals surface area contributed by atoms with Crippen LogP contribution in [-0.4, -0.2) is 4.92 Å². The molecule has 0 radical (unpaired) electrons. The number of halogens is 3. The first-order valence-electron chi connectivity index (χ1n) is 5.48. The van der Waals surface area contributed by atoms with E-state index in [2.05, 4.69) is 31.9 Å². The van der Waals surface area contributed by atoms with E-state index in [4.69, 9.17) is 16.3 Å². The Bertz CT molecular complexity index is 664. The summed E-state index contributed by atoms with van der Waals surface area (Å²) in [4.78, 5) is 10.5. The first kappa shape index (κ1) is 15.3. The predicted octanol–water partition coefficient (Wildman–Crippen LogP) is 5.35. The van der Waals surface area contributed by atoms with Crippen molar-refractivity contribution >= 4 is 49.1 Å². The van der Waals surface area contributed by atoms with Gasteiger partial charge in [-0.2, -0.15) is 0 Å². The van der Waals surface area contributed by atoms with Crippen molar-refractivity contribution in [1.29, 1.82) is 0 Å². The van der Waals surface area contributed by atoms with Gasteiger partial charge in [0.25, 0.3) is 0 Å². The molecule has 0 bridgehead atoms. The Kier molecular flexibility index (Phi) is 5.01. The zero-order valence-corrected chi connectivity index (χ0v) is 13.9. The fourth-order valence-corrected chi connectivity index (χ4v) is 2.63. The van der Waals surface area contributed by atoms with Gasteiger partial charge in [-0.1, -0.05) is 49.5 Å². The van der Waals surface area contributed by atoms with E-state index in [1.165, 1.54) is 6.07 Å². The molecular weight excluding hydrogens is 413 g/mol. The maximum Gasteiger partial charge on any atom is 0.312 e. The summed E-state index contributed by atoms with van der Waals surface area (Å²) in [5, 5.41) is 11.5. The molecule has 0 spiro atoms. The summed E-state index contributed by atoms with van der Waals surface area (Å²) in [6, 6.07) is 10.0. The maximum atomic E-state index is 11.0. The molecule has 104 valence electrons. The SMILES string of the molecule is O=[N+]([O-])c1cc(Br)ccc1OCc1ccc(Br)cc1Cl. The van der Waals surface area contributed by atoms with Crippen molar-refractivity contribution in [2.75, 3.05) is 0 Å². The van der Waals surface area contributed by atoms with Crippen molar-refractivity contribution in [3.8, 4) is 5.75 Å². The lowest BCUT2D eigenvalue weighted by Crippen LogP contribution is -1.99. The minimum Gasteiger partial charge on any atom is -0.482 e. The number of nitro benzene ring substituents is 1. The molecule has 2 rings (SSSR count). The summed E-state index contributed by atoms with van der Waals surface area (Å²) >= 11 is 12.6. The fourth-order valence-electron chi connectivity index (χ4n) is 1.55. The quantitative estimate of drug-likeness (QED) is 0.494. The fraction of sp³-hybridized carbons (Fsp3) is 0.0769. The zero-order valence-electron chi connectivity index (χ0n) is 9.98. The van der Waals surface area contributed by atoms with Crippen LogP contribution in [0, 0.1) is 10.1 Å². The van der Waals surface area contributed by atoms with E-state index in [1.54, 1.807) is 24.3 Å². The van der Waals surface area contributed by atoms with Gasteiger partial charge in [-0.3, -0.25) is 10.1 Å². The van der Waals surface area contributed by atoms with Crippen LogP contribution in [-0.2, 0) is 6.61 Å². The van der Waals surface area contributed by atoms with Crippen LogP contribution in [0.25, 0.3) is 0 Å². The minimum atomic E-state index is -0.483. The van der Waals surface area contributed by atoms with Gasteiger partial charge in [0.15, 0.2) is 5.75 Å². The first-order valence-corrected chi connectivity index (χ1v) is 7.44. The third-order valence-corrected chi connectivity index (χ3v) is 3.85. The maximum absolute atomic E-state index is 11.0. The van der Waals surface area contributed by atoms with Crippen molar-refractivity contribution in [3.63, 3.8) is 0 Å². The van der Waals surface area contributed by atoms with Crippen LogP contribution >= 0.6 is 43.5 Å².